The Morgan fingerprint density at radius 2 is 2.13 bits per heavy atom. The molecule has 0 spiro atoms. The van der Waals surface area contributed by atoms with Crippen LogP contribution in [0.15, 0.2) is 18.3 Å². The SMILES string of the molecule is COc1cnc(N)cc1C1=CCN(C(=O)OC(C)(C)C)CCC1. The molecule has 2 N–H and O–H groups in total. The van der Waals surface area contributed by atoms with Crippen molar-refractivity contribution in [3.8, 4) is 5.75 Å². The van der Waals surface area contributed by atoms with E-state index in [1.54, 1.807) is 18.2 Å². The summed E-state index contributed by atoms with van der Waals surface area (Å²) < 4.78 is 10.8. The molecular formula is C17H25N3O3. The largest absolute Gasteiger partial charge is 0.494 e. The molecule has 0 unspecified atom stereocenters. The minimum atomic E-state index is -0.487. The van der Waals surface area contributed by atoms with Gasteiger partial charge in [0, 0.05) is 18.7 Å². The highest BCUT2D eigenvalue weighted by atomic mass is 16.6. The molecule has 0 saturated carbocycles. The van der Waals surface area contributed by atoms with Crippen LogP contribution in [-0.4, -0.2) is 41.8 Å². The van der Waals surface area contributed by atoms with Crippen LogP contribution in [-0.2, 0) is 4.74 Å². The van der Waals surface area contributed by atoms with Crippen LogP contribution in [0.4, 0.5) is 10.6 Å². The smallest absolute Gasteiger partial charge is 0.410 e. The van der Waals surface area contributed by atoms with Crippen LogP contribution in [0.2, 0.25) is 0 Å². The third-order valence-electron chi connectivity index (χ3n) is 3.54. The summed E-state index contributed by atoms with van der Waals surface area (Å²) in [6.07, 6.45) is 5.09. The van der Waals surface area contributed by atoms with E-state index in [1.165, 1.54) is 0 Å². The number of allylic oxidation sites excluding steroid dienone is 1. The minimum Gasteiger partial charge on any atom is -0.494 e. The molecule has 1 aliphatic heterocycles. The van der Waals surface area contributed by atoms with E-state index in [0.29, 0.717) is 24.7 Å². The Kier molecular flexibility index (Phi) is 5.13. The number of ether oxygens (including phenoxy) is 2. The fourth-order valence-electron chi connectivity index (χ4n) is 2.48. The van der Waals surface area contributed by atoms with Gasteiger partial charge in [-0.15, -0.1) is 0 Å². The quantitative estimate of drug-likeness (QED) is 0.906. The first kappa shape index (κ1) is 17.1. The Labute approximate surface area is 137 Å². The van der Waals surface area contributed by atoms with Gasteiger partial charge in [0.15, 0.2) is 0 Å². The van der Waals surface area contributed by atoms with Crippen molar-refractivity contribution in [2.24, 2.45) is 0 Å². The van der Waals surface area contributed by atoms with Gasteiger partial charge in [-0.2, -0.15) is 0 Å². The molecule has 23 heavy (non-hydrogen) atoms. The number of amides is 1. The number of carbonyl (C=O) groups is 1. The van der Waals surface area contributed by atoms with Crippen molar-refractivity contribution in [3.05, 3.63) is 23.9 Å². The Morgan fingerprint density at radius 1 is 1.39 bits per heavy atom. The highest BCUT2D eigenvalue weighted by Crippen LogP contribution is 2.31. The second-order valence-corrected chi connectivity index (χ2v) is 6.57. The average molecular weight is 319 g/mol. The molecule has 1 aromatic heterocycles. The molecule has 6 heteroatoms. The summed E-state index contributed by atoms with van der Waals surface area (Å²) in [5.74, 6) is 1.14. The lowest BCUT2D eigenvalue weighted by molar-refractivity contribution is 0.0273. The summed E-state index contributed by atoms with van der Waals surface area (Å²) in [6.45, 7) is 6.78. The van der Waals surface area contributed by atoms with E-state index in [-0.39, 0.29) is 6.09 Å². The number of nitrogen functional groups attached to an aromatic ring is 1. The summed E-state index contributed by atoms with van der Waals surface area (Å²) in [6, 6.07) is 1.81. The fraction of sp³-hybridized carbons (Fsp3) is 0.529. The summed E-state index contributed by atoms with van der Waals surface area (Å²) >= 11 is 0. The van der Waals surface area contributed by atoms with Gasteiger partial charge in [-0.3, -0.25) is 0 Å². The zero-order chi connectivity index (χ0) is 17.0. The number of rotatable bonds is 2. The lowest BCUT2D eigenvalue weighted by Gasteiger charge is -2.25. The Morgan fingerprint density at radius 3 is 2.78 bits per heavy atom. The second-order valence-electron chi connectivity index (χ2n) is 6.57. The van der Waals surface area contributed by atoms with Crippen molar-refractivity contribution in [2.45, 2.75) is 39.2 Å². The van der Waals surface area contributed by atoms with Gasteiger partial charge < -0.3 is 20.1 Å². The maximum atomic E-state index is 12.2. The van der Waals surface area contributed by atoms with Crippen molar-refractivity contribution in [3.63, 3.8) is 0 Å². The molecule has 0 fully saturated rings. The Balaban J connectivity index is 2.18. The van der Waals surface area contributed by atoms with Crippen molar-refractivity contribution in [2.75, 3.05) is 25.9 Å². The molecule has 0 saturated heterocycles. The molecule has 2 heterocycles. The van der Waals surface area contributed by atoms with Crippen LogP contribution in [0.25, 0.3) is 5.57 Å². The first-order chi connectivity index (χ1) is 10.8. The summed E-state index contributed by atoms with van der Waals surface area (Å²) in [7, 11) is 1.61. The fourth-order valence-corrected chi connectivity index (χ4v) is 2.48. The number of pyridine rings is 1. The number of methoxy groups -OCH3 is 1. The molecular weight excluding hydrogens is 294 g/mol. The van der Waals surface area contributed by atoms with E-state index in [4.69, 9.17) is 15.2 Å². The Bertz CT molecular complexity index is 606. The Hall–Kier alpha value is -2.24. The maximum absolute atomic E-state index is 12.2. The lowest BCUT2D eigenvalue weighted by atomic mass is 10.0. The van der Waals surface area contributed by atoms with Crippen molar-refractivity contribution in [1.82, 2.24) is 9.88 Å². The van der Waals surface area contributed by atoms with E-state index < -0.39 is 5.60 Å². The van der Waals surface area contributed by atoms with Gasteiger partial charge in [0.1, 0.15) is 17.2 Å². The van der Waals surface area contributed by atoms with Crippen molar-refractivity contribution in [1.29, 1.82) is 0 Å². The minimum absolute atomic E-state index is 0.281. The number of anilines is 1. The van der Waals surface area contributed by atoms with E-state index in [2.05, 4.69) is 4.98 Å². The molecule has 6 nitrogen and oxygen atoms in total. The molecule has 0 atom stereocenters. The number of nitrogens with zero attached hydrogens (tertiary/aromatic N) is 2. The van der Waals surface area contributed by atoms with E-state index in [1.807, 2.05) is 32.9 Å². The lowest BCUT2D eigenvalue weighted by Crippen LogP contribution is -2.37. The van der Waals surface area contributed by atoms with E-state index >= 15 is 0 Å². The van der Waals surface area contributed by atoms with Crippen LogP contribution < -0.4 is 10.5 Å². The number of hydrogen-bond donors (Lipinski definition) is 1. The molecule has 1 amide bonds. The number of carbonyl (C=O) groups excluding carboxylic acids is 1. The van der Waals surface area contributed by atoms with Gasteiger partial charge >= 0.3 is 6.09 Å². The van der Waals surface area contributed by atoms with Gasteiger partial charge in [0.25, 0.3) is 0 Å². The standard InChI is InChI=1S/C17H25N3O3/c1-17(2,3)23-16(21)20-8-5-6-12(7-9-20)13-10-15(18)19-11-14(13)22-4/h7,10-11H,5-6,8-9H2,1-4H3,(H2,18,19). The first-order valence-corrected chi connectivity index (χ1v) is 7.77. The molecule has 1 aliphatic rings. The van der Waals surface area contributed by atoms with Crippen LogP contribution in [0, 0.1) is 0 Å². The van der Waals surface area contributed by atoms with Crippen molar-refractivity contribution < 1.29 is 14.3 Å². The van der Waals surface area contributed by atoms with E-state index in [0.717, 1.165) is 24.0 Å². The third-order valence-corrected chi connectivity index (χ3v) is 3.54. The van der Waals surface area contributed by atoms with Crippen molar-refractivity contribution >= 4 is 17.5 Å². The van der Waals surface area contributed by atoms with Gasteiger partial charge in [0.2, 0.25) is 0 Å². The van der Waals surface area contributed by atoms with Crippen LogP contribution in [0.3, 0.4) is 0 Å². The zero-order valence-electron chi connectivity index (χ0n) is 14.3. The topological polar surface area (TPSA) is 77.7 Å². The van der Waals surface area contributed by atoms with Gasteiger partial charge in [0.05, 0.1) is 13.3 Å². The predicted molar refractivity (Wildman–Crippen MR) is 90.2 cm³/mol. The zero-order valence-corrected chi connectivity index (χ0v) is 14.3. The molecule has 0 bridgehead atoms. The molecule has 0 aliphatic carbocycles. The summed E-state index contributed by atoms with van der Waals surface area (Å²) in [5.41, 5.74) is 7.36. The summed E-state index contributed by atoms with van der Waals surface area (Å²) in [5, 5.41) is 0. The maximum Gasteiger partial charge on any atom is 0.410 e. The molecule has 0 radical (unpaired) electrons. The predicted octanol–water partition coefficient (Wildman–Crippen LogP) is 3.09. The summed E-state index contributed by atoms with van der Waals surface area (Å²) in [4.78, 5) is 18.0. The molecule has 2 rings (SSSR count). The number of nitrogens with two attached hydrogens (primary N) is 1. The van der Waals surface area contributed by atoms with Gasteiger partial charge in [-0.25, -0.2) is 9.78 Å². The van der Waals surface area contributed by atoms with E-state index in [9.17, 15) is 4.79 Å². The molecule has 1 aromatic rings. The highest BCUT2D eigenvalue weighted by Gasteiger charge is 2.23. The first-order valence-electron chi connectivity index (χ1n) is 7.77. The normalized spacial score (nSPS) is 15.7. The second kappa shape index (κ2) is 6.89. The molecule has 0 aromatic carbocycles. The van der Waals surface area contributed by atoms with Gasteiger partial charge in [-0.05, 0) is 45.3 Å². The molecule has 126 valence electrons. The van der Waals surface area contributed by atoms with Crippen LogP contribution >= 0.6 is 0 Å². The monoisotopic (exact) mass is 319 g/mol. The third kappa shape index (κ3) is 4.61. The average Bonchev–Trinajstić information content (AvgIpc) is 2.71. The number of hydrogen-bond acceptors (Lipinski definition) is 5. The van der Waals surface area contributed by atoms with Crippen LogP contribution in [0.5, 0.6) is 5.75 Å². The van der Waals surface area contributed by atoms with Crippen LogP contribution in [0.1, 0.15) is 39.2 Å². The number of aromatic nitrogens is 1. The highest BCUT2D eigenvalue weighted by molar-refractivity contribution is 5.74. The van der Waals surface area contributed by atoms with Gasteiger partial charge in [-0.1, -0.05) is 6.08 Å².